The second kappa shape index (κ2) is 8.02. The van der Waals surface area contributed by atoms with E-state index in [4.69, 9.17) is 4.74 Å². The zero-order chi connectivity index (χ0) is 23.4. The Morgan fingerprint density at radius 3 is 2.06 bits per heavy atom. The molecule has 0 spiro atoms. The Hall–Kier alpha value is -2.14. The van der Waals surface area contributed by atoms with Crippen molar-refractivity contribution in [1.29, 1.82) is 0 Å². The van der Waals surface area contributed by atoms with E-state index >= 15 is 0 Å². The number of carbonyl (C=O) groups is 2. The van der Waals surface area contributed by atoms with Crippen LogP contribution in [-0.4, -0.2) is 30.1 Å². The molecule has 0 radical (unpaired) electrons. The van der Waals surface area contributed by atoms with Crippen molar-refractivity contribution < 1.29 is 14.3 Å². The highest BCUT2D eigenvalue weighted by molar-refractivity contribution is 9.10. The van der Waals surface area contributed by atoms with E-state index in [2.05, 4.69) is 55.1 Å². The van der Waals surface area contributed by atoms with Gasteiger partial charge in [0.2, 0.25) is 0 Å². The van der Waals surface area contributed by atoms with Gasteiger partial charge in [0.1, 0.15) is 12.4 Å². The summed E-state index contributed by atoms with van der Waals surface area (Å²) in [5.41, 5.74) is 4.28. The molecule has 1 aliphatic heterocycles. The van der Waals surface area contributed by atoms with E-state index in [9.17, 15) is 9.59 Å². The van der Waals surface area contributed by atoms with E-state index in [1.807, 2.05) is 25.2 Å². The molecule has 2 aliphatic carbocycles. The fourth-order valence-corrected chi connectivity index (χ4v) is 5.88. The minimum absolute atomic E-state index is 0.111. The predicted molar refractivity (Wildman–Crippen MR) is 130 cm³/mol. The molecule has 0 unspecified atom stereocenters. The van der Waals surface area contributed by atoms with Gasteiger partial charge in [-0.25, -0.2) is 0 Å². The Morgan fingerprint density at radius 2 is 1.56 bits per heavy atom. The molecule has 170 valence electrons. The maximum atomic E-state index is 13.6. The largest absolute Gasteiger partial charge is 0.489 e. The highest BCUT2D eigenvalue weighted by Gasteiger charge is 2.48. The molecule has 0 amide bonds. The van der Waals surface area contributed by atoms with Crippen molar-refractivity contribution in [3.63, 3.8) is 0 Å². The fourth-order valence-electron chi connectivity index (χ4n) is 5.50. The third kappa shape index (κ3) is 4.00. The summed E-state index contributed by atoms with van der Waals surface area (Å²) < 4.78 is 6.91. The Bertz CT molecular complexity index is 1020. The first-order valence-electron chi connectivity index (χ1n) is 11.2. The molecular formula is C27H32BrNO3. The van der Waals surface area contributed by atoms with Crippen molar-refractivity contribution in [3.8, 4) is 5.75 Å². The monoisotopic (exact) mass is 497 g/mol. The Morgan fingerprint density at radius 1 is 1.03 bits per heavy atom. The summed E-state index contributed by atoms with van der Waals surface area (Å²) in [5.74, 6) is 0.552. The van der Waals surface area contributed by atoms with E-state index in [1.54, 1.807) is 6.08 Å². The lowest BCUT2D eigenvalue weighted by Crippen LogP contribution is -2.43. The standard InChI is InChI=1S/C27H32BrNO3/c1-7-10-32-22-9-8-16(28)11-17(22)23-24-18(12-26(2,3)14-20(24)30)29(6)19-13-27(4,5)15-21(31)25(19)23/h7-9,11,23H,1,10,12-15H2,2-6H3. The van der Waals surface area contributed by atoms with Crippen LogP contribution in [0.5, 0.6) is 5.75 Å². The van der Waals surface area contributed by atoms with Gasteiger partial charge in [-0.05, 0) is 41.9 Å². The summed E-state index contributed by atoms with van der Waals surface area (Å²) in [5, 5.41) is 0. The molecule has 4 nitrogen and oxygen atoms in total. The topological polar surface area (TPSA) is 46.6 Å². The Labute approximate surface area is 199 Å². The van der Waals surface area contributed by atoms with Crippen LogP contribution in [0.4, 0.5) is 0 Å². The van der Waals surface area contributed by atoms with Crippen molar-refractivity contribution in [3.05, 3.63) is 63.4 Å². The second-order valence-corrected chi connectivity index (χ2v) is 11.8. The lowest BCUT2D eigenvalue weighted by molar-refractivity contribution is -0.119. The summed E-state index contributed by atoms with van der Waals surface area (Å²) in [6, 6.07) is 5.85. The van der Waals surface area contributed by atoms with Crippen LogP contribution < -0.4 is 4.74 Å². The Balaban J connectivity index is 1.99. The van der Waals surface area contributed by atoms with E-state index in [0.717, 1.165) is 45.4 Å². The van der Waals surface area contributed by atoms with Crippen molar-refractivity contribution >= 4 is 27.5 Å². The molecule has 0 atom stereocenters. The van der Waals surface area contributed by atoms with E-state index < -0.39 is 5.92 Å². The summed E-state index contributed by atoms with van der Waals surface area (Å²) >= 11 is 3.60. The van der Waals surface area contributed by atoms with Gasteiger partial charge in [-0.1, -0.05) is 56.3 Å². The highest BCUT2D eigenvalue weighted by atomic mass is 79.9. The number of carbonyl (C=O) groups excluding carboxylic acids is 2. The second-order valence-electron chi connectivity index (χ2n) is 10.9. The van der Waals surface area contributed by atoms with Crippen molar-refractivity contribution in [2.45, 2.75) is 59.3 Å². The first-order valence-corrected chi connectivity index (χ1v) is 12.0. The molecule has 3 aliphatic rings. The van der Waals surface area contributed by atoms with Gasteiger partial charge in [-0.3, -0.25) is 9.59 Å². The van der Waals surface area contributed by atoms with Gasteiger partial charge < -0.3 is 9.64 Å². The minimum Gasteiger partial charge on any atom is -0.489 e. The lowest BCUT2D eigenvalue weighted by atomic mass is 9.63. The lowest BCUT2D eigenvalue weighted by Gasteiger charge is -2.48. The highest BCUT2D eigenvalue weighted by Crippen LogP contribution is 2.55. The molecule has 4 rings (SSSR count). The Kier molecular flexibility index (Phi) is 5.77. The number of benzene rings is 1. The van der Waals surface area contributed by atoms with Crippen molar-refractivity contribution in [1.82, 2.24) is 4.90 Å². The zero-order valence-electron chi connectivity index (χ0n) is 19.7. The number of Topliss-reactive ketones (excluding diaryl/α,β-unsaturated/α-hetero) is 2. The average molecular weight is 498 g/mol. The van der Waals surface area contributed by atoms with Crippen LogP contribution in [0.15, 0.2) is 57.9 Å². The quantitative estimate of drug-likeness (QED) is 0.456. The van der Waals surface area contributed by atoms with Crippen LogP contribution in [0.25, 0.3) is 0 Å². The maximum absolute atomic E-state index is 13.6. The summed E-state index contributed by atoms with van der Waals surface area (Å²) in [6.45, 7) is 12.7. The summed E-state index contributed by atoms with van der Waals surface area (Å²) in [7, 11) is 2.03. The molecule has 0 fully saturated rings. The molecule has 0 aromatic heterocycles. The fraction of sp³-hybridized carbons (Fsp3) is 0.481. The number of ether oxygens (including phenoxy) is 1. The molecule has 0 saturated heterocycles. The molecule has 32 heavy (non-hydrogen) atoms. The average Bonchev–Trinajstić information content (AvgIpc) is 2.67. The zero-order valence-corrected chi connectivity index (χ0v) is 21.3. The third-order valence-corrected chi connectivity index (χ3v) is 7.31. The van der Waals surface area contributed by atoms with Crippen LogP contribution in [0.2, 0.25) is 0 Å². The van der Waals surface area contributed by atoms with Gasteiger partial charge in [0.05, 0.1) is 0 Å². The van der Waals surface area contributed by atoms with Crippen molar-refractivity contribution in [2.24, 2.45) is 10.8 Å². The first-order chi connectivity index (χ1) is 14.9. The number of nitrogens with zero attached hydrogens (tertiary/aromatic N) is 1. The van der Waals surface area contributed by atoms with Gasteiger partial charge >= 0.3 is 0 Å². The smallest absolute Gasteiger partial charge is 0.162 e. The van der Waals surface area contributed by atoms with E-state index in [0.29, 0.717) is 25.2 Å². The van der Waals surface area contributed by atoms with Crippen LogP contribution in [0.3, 0.4) is 0 Å². The molecule has 1 aromatic rings. The third-order valence-electron chi connectivity index (χ3n) is 6.82. The molecule has 0 bridgehead atoms. The molecule has 5 heteroatoms. The van der Waals surface area contributed by atoms with Gasteiger partial charge in [0, 0.05) is 58.4 Å². The SMILES string of the molecule is C=CCOc1ccc(Br)cc1C1C2=C(CC(C)(C)CC2=O)N(C)C2=C1C(=O)CC(C)(C)C2. The number of rotatable bonds is 4. The number of hydrogen-bond acceptors (Lipinski definition) is 4. The maximum Gasteiger partial charge on any atom is 0.162 e. The minimum atomic E-state index is -0.402. The first kappa shape index (κ1) is 23.0. The predicted octanol–water partition coefficient (Wildman–Crippen LogP) is 6.33. The number of hydrogen-bond donors (Lipinski definition) is 0. The van der Waals surface area contributed by atoms with Crippen LogP contribution >= 0.6 is 15.9 Å². The number of halogens is 1. The van der Waals surface area contributed by atoms with Crippen LogP contribution in [-0.2, 0) is 9.59 Å². The van der Waals surface area contributed by atoms with Gasteiger partial charge in [0.25, 0.3) is 0 Å². The molecule has 1 heterocycles. The van der Waals surface area contributed by atoms with E-state index in [1.165, 1.54) is 0 Å². The molecule has 1 aromatic carbocycles. The number of allylic oxidation sites excluding steroid dienone is 4. The summed E-state index contributed by atoms with van der Waals surface area (Å²) in [6.07, 6.45) is 4.29. The van der Waals surface area contributed by atoms with Gasteiger partial charge in [-0.15, -0.1) is 0 Å². The molecule has 0 N–H and O–H groups in total. The molecular weight excluding hydrogens is 466 g/mol. The van der Waals surface area contributed by atoms with Gasteiger partial charge in [-0.2, -0.15) is 0 Å². The van der Waals surface area contributed by atoms with Crippen LogP contribution in [0.1, 0.15) is 64.9 Å². The summed E-state index contributed by atoms with van der Waals surface area (Å²) in [4.78, 5) is 29.4. The van der Waals surface area contributed by atoms with Crippen LogP contribution in [0, 0.1) is 10.8 Å². The van der Waals surface area contributed by atoms with E-state index in [-0.39, 0.29) is 22.4 Å². The van der Waals surface area contributed by atoms with Gasteiger partial charge in [0.15, 0.2) is 11.6 Å². The number of ketones is 2. The van der Waals surface area contributed by atoms with Crippen molar-refractivity contribution in [2.75, 3.05) is 13.7 Å². The normalized spacial score (nSPS) is 22.6. The molecule has 0 saturated carbocycles.